The number of carbonyl (C=O) groups is 1. The van der Waals surface area contributed by atoms with Crippen LogP contribution in [-0.4, -0.2) is 25.2 Å². The summed E-state index contributed by atoms with van der Waals surface area (Å²) in [5.41, 5.74) is 10.3. The summed E-state index contributed by atoms with van der Waals surface area (Å²) in [6.07, 6.45) is 0.184. The molecule has 0 aliphatic carbocycles. The van der Waals surface area contributed by atoms with E-state index in [0.29, 0.717) is 0 Å². The van der Waals surface area contributed by atoms with Crippen LogP contribution < -0.4 is 11.5 Å². The number of esters is 1. The van der Waals surface area contributed by atoms with Gasteiger partial charge >= 0.3 is 5.97 Å². The molecule has 0 aromatic heterocycles. The van der Waals surface area contributed by atoms with Crippen molar-refractivity contribution < 1.29 is 9.53 Å². The van der Waals surface area contributed by atoms with Crippen molar-refractivity contribution in [2.45, 2.75) is 12.5 Å². The van der Waals surface area contributed by atoms with Crippen LogP contribution in [0, 0.1) is 11.3 Å². The first kappa shape index (κ1) is 9.88. The van der Waals surface area contributed by atoms with Gasteiger partial charge in [-0.05, 0) is 0 Å². The number of hydrogen-bond donors (Lipinski definition) is 2. The van der Waals surface area contributed by atoms with Gasteiger partial charge in [-0.3, -0.25) is 4.79 Å². The van der Waals surface area contributed by atoms with Gasteiger partial charge in [0, 0.05) is 6.54 Å². The molecule has 0 aliphatic heterocycles. The molecule has 0 saturated heterocycles. The lowest BCUT2D eigenvalue weighted by Crippen LogP contribution is -2.39. The summed E-state index contributed by atoms with van der Waals surface area (Å²) in [7, 11) is 0. The van der Waals surface area contributed by atoms with Crippen molar-refractivity contribution in [2.75, 3.05) is 13.2 Å². The Hall–Kier alpha value is -1.12. The molecule has 0 aromatic rings. The minimum atomic E-state index is -0.770. The van der Waals surface area contributed by atoms with Crippen molar-refractivity contribution >= 4 is 5.97 Å². The lowest BCUT2D eigenvalue weighted by atomic mass is 10.3. The molecule has 11 heavy (non-hydrogen) atoms. The average molecular weight is 157 g/mol. The minimum Gasteiger partial charge on any atom is -0.463 e. The summed E-state index contributed by atoms with van der Waals surface area (Å²) in [5, 5.41) is 8.08. The standard InChI is InChI=1S/C6H11N3O2/c7-2-1-3-11-6(10)5(9)4-8/h5H,1,3-4,8-9H2. The fourth-order valence-corrected chi connectivity index (χ4v) is 0.401. The maximum Gasteiger partial charge on any atom is 0.324 e. The Kier molecular flexibility index (Phi) is 5.07. The van der Waals surface area contributed by atoms with Gasteiger partial charge in [0.25, 0.3) is 0 Å². The Balaban J connectivity index is 3.46. The molecule has 5 nitrogen and oxygen atoms in total. The number of carbonyl (C=O) groups excluding carboxylic acids is 1. The molecule has 0 fully saturated rings. The van der Waals surface area contributed by atoms with Crippen molar-refractivity contribution in [1.29, 1.82) is 5.26 Å². The summed E-state index contributed by atoms with van der Waals surface area (Å²) in [5.74, 6) is -0.553. The van der Waals surface area contributed by atoms with E-state index in [1.165, 1.54) is 0 Å². The van der Waals surface area contributed by atoms with Crippen LogP contribution in [0.25, 0.3) is 0 Å². The number of nitrogens with two attached hydrogens (primary N) is 2. The second-order valence-corrected chi connectivity index (χ2v) is 1.92. The normalized spacial score (nSPS) is 11.7. The van der Waals surface area contributed by atoms with Crippen LogP contribution in [-0.2, 0) is 9.53 Å². The van der Waals surface area contributed by atoms with E-state index in [4.69, 9.17) is 16.7 Å². The number of nitrogens with zero attached hydrogens (tertiary/aromatic N) is 1. The first-order chi connectivity index (χ1) is 5.22. The highest BCUT2D eigenvalue weighted by Crippen LogP contribution is 1.85. The molecule has 4 N–H and O–H groups in total. The topological polar surface area (TPSA) is 102 Å². The molecule has 5 heteroatoms. The zero-order valence-electron chi connectivity index (χ0n) is 6.12. The molecule has 0 spiro atoms. The molecule has 0 radical (unpaired) electrons. The Morgan fingerprint density at radius 2 is 2.36 bits per heavy atom. The number of ether oxygens (including phenoxy) is 1. The predicted octanol–water partition coefficient (Wildman–Crippen LogP) is -1.27. The maximum atomic E-state index is 10.7. The zero-order valence-corrected chi connectivity index (χ0v) is 6.12. The van der Waals surface area contributed by atoms with Gasteiger partial charge in [-0.2, -0.15) is 5.26 Å². The summed E-state index contributed by atoms with van der Waals surface area (Å²) in [6.45, 7) is 0.147. The van der Waals surface area contributed by atoms with Gasteiger partial charge in [-0.1, -0.05) is 0 Å². The summed E-state index contributed by atoms with van der Waals surface area (Å²) in [4.78, 5) is 10.7. The predicted molar refractivity (Wildman–Crippen MR) is 38.2 cm³/mol. The van der Waals surface area contributed by atoms with E-state index in [1.54, 1.807) is 0 Å². The Labute approximate surface area is 64.9 Å². The molecule has 0 amide bonds. The first-order valence-corrected chi connectivity index (χ1v) is 3.21. The number of hydrogen-bond acceptors (Lipinski definition) is 5. The Morgan fingerprint density at radius 3 is 2.82 bits per heavy atom. The fraction of sp³-hybridized carbons (Fsp3) is 0.667. The van der Waals surface area contributed by atoms with Crippen LogP contribution in [0.4, 0.5) is 0 Å². The van der Waals surface area contributed by atoms with E-state index in [-0.39, 0.29) is 19.6 Å². The molecule has 0 bridgehead atoms. The van der Waals surface area contributed by atoms with E-state index >= 15 is 0 Å². The molecule has 62 valence electrons. The van der Waals surface area contributed by atoms with Crippen LogP contribution in [0.15, 0.2) is 0 Å². The van der Waals surface area contributed by atoms with E-state index in [0.717, 1.165) is 0 Å². The van der Waals surface area contributed by atoms with Crippen LogP contribution in [0.1, 0.15) is 6.42 Å². The third kappa shape index (κ3) is 4.31. The average Bonchev–Trinajstić information content (AvgIpc) is 2.03. The van der Waals surface area contributed by atoms with Gasteiger partial charge in [-0.15, -0.1) is 0 Å². The number of rotatable bonds is 4. The quantitative estimate of drug-likeness (QED) is 0.391. The SMILES string of the molecule is N#CCCOC(=O)C(N)CN. The molecule has 0 rings (SSSR count). The fourth-order valence-electron chi connectivity index (χ4n) is 0.401. The largest absolute Gasteiger partial charge is 0.463 e. The molecule has 0 heterocycles. The molecule has 1 atom stereocenters. The lowest BCUT2D eigenvalue weighted by Gasteiger charge is -2.06. The molecular formula is C6H11N3O2. The second-order valence-electron chi connectivity index (χ2n) is 1.92. The van der Waals surface area contributed by atoms with Crippen molar-refractivity contribution in [3.63, 3.8) is 0 Å². The highest BCUT2D eigenvalue weighted by Gasteiger charge is 2.11. The Morgan fingerprint density at radius 1 is 1.73 bits per heavy atom. The minimum absolute atomic E-state index is 0.0609. The highest BCUT2D eigenvalue weighted by molar-refractivity contribution is 5.75. The van der Waals surface area contributed by atoms with E-state index < -0.39 is 12.0 Å². The summed E-state index contributed by atoms with van der Waals surface area (Å²) < 4.78 is 4.57. The third-order valence-electron chi connectivity index (χ3n) is 1.01. The van der Waals surface area contributed by atoms with Gasteiger partial charge in [0.2, 0.25) is 0 Å². The van der Waals surface area contributed by atoms with Crippen LogP contribution >= 0.6 is 0 Å². The van der Waals surface area contributed by atoms with Crippen molar-refractivity contribution in [1.82, 2.24) is 0 Å². The second kappa shape index (κ2) is 5.65. The zero-order chi connectivity index (χ0) is 8.69. The van der Waals surface area contributed by atoms with Crippen molar-refractivity contribution in [2.24, 2.45) is 11.5 Å². The monoisotopic (exact) mass is 157 g/mol. The van der Waals surface area contributed by atoms with Crippen LogP contribution in [0.3, 0.4) is 0 Å². The van der Waals surface area contributed by atoms with Gasteiger partial charge in [0.15, 0.2) is 0 Å². The van der Waals surface area contributed by atoms with Gasteiger partial charge < -0.3 is 16.2 Å². The third-order valence-corrected chi connectivity index (χ3v) is 1.01. The molecular weight excluding hydrogens is 146 g/mol. The van der Waals surface area contributed by atoms with Crippen molar-refractivity contribution in [3.8, 4) is 6.07 Å². The van der Waals surface area contributed by atoms with Crippen LogP contribution in [0.2, 0.25) is 0 Å². The molecule has 0 saturated carbocycles. The smallest absolute Gasteiger partial charge is 0.324 e. The highest BCUT2D eigenvalue weighted by atomic mass is 16.5. The summed E-state index contributed by atoms with van der Waals surface area (Å²) in [6, 6.07) is 1.06. The van der Waals surface area contributed by atoms with Gasteiger partial charge in [0.1, 0.15) is 12.6 Å². The molecule has 0 aromatic carbocycles. The van der Waals surface area contributed by atoms with Gasteiger partial charge in [0.05, 0.1) is 12.5 Å². The lowest BCUT2D eigenvalue weighted by molar-refractivity contribution is -0.144. The molecule has 0 aliphatic rings. The van der Waals surface area contributed by atoms with Crippen LogP contribution in [0.5, 0.6) is 0 Å². The first-order valence-electron chi connectivity index (χ1n) is 3.21. The summed E-state index contributed by atoms with van der Waals surface area (Å²) >= 11 is 0. The van der Waals surface area contributed by atoms with Crippen molar-refractivity contribution in [3.05, 3.63) is 0 Å². The van der Waals surface area contributed by atoms with E-state index in [2.05, 4.69) is 4.74 Å². The van der Waals surface area contributed by atoms with E-state index in [9.17, 15) is 4.79 Å². The maximum absolute atomic E-state index is 10.7. The number of nitriles is 1. The Bertz CT molecular complexity index is 164. The van der Waals surface area contributed by atoms with Gasteiger partial charge in [-0.25, -0.2) is 0 Å². The molecule has 1 unspecified atom stereocenters. The van der Waals surface area contributed by atoms with E-state index in [1.807, 2.05) is 6.07 Å².